The molecule has 0 saturated carbocycles. The normalized spacial score (nSPS) is 11.8. The number of hydrogen-bond donors (Lipinski definition) is 3. The van der Waals surface area contributed by atoms with Crippen LogP contribution >= 0.6 is 0 Å². The first-order valence-corrected chi connectivity index (χ1v) is 3.84. The van der Waals surface area contributed by atoms with Crippen molar-refractivity contribution in [2.75, 3.05) is 6.54 Å². The summed E-state index contributed by atoms with van der Waals surface area (Å²) in [6.07, 6.45) is -2.18. The number of amides is 1. The largest absolute Gasteiger partial charge is 0.481 e. The minimum atomic E-state index is -1.53. The van der Waals surface area contributed by atoms with Crippen molar-refractivity contribution in [3.63, 3.8) is 0 Å². The monoisotopic (exact) mass is 205 g/mol. The minimum Gasteiger partial charge on any atom is -0.481 e. The molecule has 0 aromatic carbocycles. The van der Waals surface area contributed by atoms with Crippen LogP contribution in [-0.2, 0) is 9.59 Å². The van der Waals surface area contributed by atoms with Gasteiger partial charge in [0.15, 0.2) is 0 Å². The van der Waals surface area contributed by atoms with E-state index >= 15 is 0 Å². The highest BCUT2D eigenvalue weighted by Gasteiger charge is 2.30. The van der Waals surface area contributed by atoms with E-state index in [-0.39, 0.29) is 6.54 Å². The summed E-state index contributed by atoms with van der Waals surface area (Å²) in [5, 5.41) is 25.6. The topological polar surface area (TPSA) is 115 Å². The number of carbonyl (C=O) groups is 3. The average Bonchev–Trinajstić information content (AvgIpc) is 2.02. The van der Waals surface area contributed by atoms with Gasteiger partial charge in [0.2, 0.25) is 0 Å². The third-order valence-corrected chi connectivity index (χ3v) is 1.62. The fraction of sp³-hybridized carbons (Fsp3) is 0.571. The Balaban J connectivity index is 4.69. The second-order valence-electron chi connectivity index (χ2n) is 2.52. The molecule has 0 rings (SSSR count). The van der Waals surface area contributed by atoms with Gasteiger partial charge in [0, 0.05) is 6.54 Å². The van der Waals surface area contributed by atoms with Crippen molar-refractivity contribution in [2.45, 2.75) is 19.4 Å². The van der Waals surface area contributed by atoms with Gasteiger partial charge in [0.25, 0.3) is 0 Å². The second kappa shape index (κ2) is 5.05. The van der Waals surface area contributed by atoms with Crippen LogP contribution in [-0.4, -0.2) is 50.8 Å². The molecule has 3 N–H and O–H groups in total. The molecule has 0 aromatic rings. The van der Waals surface area contributed by atoms with Gasteiger partial charge >= 0.3 is 18.0 Å². The molecule has 0 aliphatic rings. The lowest BCUT2D eigenvalue weighted by Gasteiger charge is -2.23. The molecule has 7 nitrogen and oxygen atoms in total. The molecular weight excluding hydrogens is 194 g/mol. The molecule has 0 aliphatic heterocycles. The van der Waals surface area contributed by atoms with Crippen LogP contribution in [0.25, 0.3) is 0 Å². The molecule has 1 unspecified atom stereocenters. The quantitative estimate of drug-likeness (QED) is 0.577. The lowest BCUT2D eigenvalue weighted by molar-refractivity contribution is -0.148. The van der Waals surface area contributed by atoms with Crippen LogP contribution in [0.5, 0.6) is 0 Å². The number of likely N-dealkylation sites (N-methyl/N-ethyl adjacent to an activating group) is 1. The molecule has 7 heteroatoms. The van der Waals surface area contributed by atoms with Gasteiger partial charge in [-0.05, 0) is 6.92 Å². The van der Waals surface area contributed by atoms with Crippen molar-refractivity contribution in [3.8, 4) is 0 Å². The smallest absolute Gasteiger partial charge is 0.408 e. The van der Waals surface area contributed by atoms with Gasteiger partial charge in [-0.3, -0.25) is 9.69 Å². The molecule has 0 bridgehead atoms. The summed E-state index contributed by atoms with van der Waals surface area (Å²) in [5.74, 6) is -2.81. The lowest BCUT2D eigenvalue weighted by Crippen LogP contribution is -2.45. The minimum absolute atomic E-state index is 0.0699. The van der Waals surface area contributed by atoms with E-state index in [2.05, 4.69) is 0 Å². The van der Waals surface area contributed by atoms with Crippen molar-refractivity contribution in [3.05, 3.63) is 0 Å². The molecule has 14 heavy (non-hydrogen) atoms. The summed E-state index contributed by atoms with van der Waals surface area (Å²) in [6, 6.07) is -1.53. The number of aliphatic carboxylic acids is 2. The predicted molar refractivity (Wildman–Crippen MR) is 44.1 cm³/mol. The Morgan fingerprint density at radius 1 is 1.21 bits per heavy atom. The third-order valence-electron chi connectivity index (χ3n) is 1.62. The number of hydrogen-bond acceptors (Lipinski definition) is 3. The van der Waals surface area contributed by atoms with Gasteiger partial charge in [-0.15, -0.1) is 0 Å². The van der Waals surface area contributed by atoms with Crippen LogP contribution in [0.15, 0.2) is 0 Å². The van der Waals surface area contributed by atoms with Crippen LogP contribution in [0.3, 0.4) is 0 Å². The van der Waals surface area contributed by atoms with E-state index in [1.807, 2.05) is 0 Å². The number of carboxylic acids is 2. The summed E-state index contributed by atoms with van der Waals surface area (Å²) in [7, 11) is 0. The van der Waals surface area contributed by atoms with E-state index < -0.39 is 30.5 Å². The molecule has 80 valence electrons. The van der Waals surface area contributed by atoms with Gasteiger partial charge in [-0.2, -0.15) is 0 Å². The van der Waals surface area contributed by atoms with Crippen LogP contribution < -0.4 is 0 Å². The van der Waals surface area contributed by atoms with Crippen LogP contribution in [0, 0.1) is 0 Å². The molecule has 0 aliphatic carbocycles. The highest BCUT2D eigenvalue weighted by atomic mass is 16.4. The van der Waals surface area contributed by atoms with E-state index in [1.165, 1.54) is 6.92 Å². The predicted octanol–water partition coefficient (Wildman–Crippen LogP) is -0.0858. The zero-order valence-electron chi connectivity index (χ0n) is 7.51. The first kappa shape index (κ1) is 12.2. The van der Waals surface area contributed by atoms with Crippen molar-refractivity contribution in [2.24, 2.45) is 0 Å². The molecule has 0 saturated heterocycles. The maximum atomic E-state index is 10.6. The first-order valence-electron chi connectivity index (χ1n) is 3.84. The molecule has 1 amide bonds. The second-order valence-corrected chi connectivity index (χ2v) is 2.52. The van der Waals surface area contributed by atoms with Gasteiger partial charge in [0.05, 0.1) is 6.42 Å². The highest BCUT2D eigenvalue weighted by molar-refractivity contribution is 5.84. The Bertz CT molecular complexity index is 251. The Morgan fingerprint density at radius 2 is 1.71 bits per heavy atom. The average molecular weight is 205 g/mol. The highest BCUT2D eigenvalue weighted by Crippen LogP contribution is 2.05. The summed E-state index contributed by atoms with van der Waals surface area (Å²) in [5.41, 5.74) is 0. The summed E-state index contributed by atoms with van der Waals surface area (Å²) in [6.45, 7) is 1.37. The Morgan fingerprint density at radius 3 is 1.93 bits per heavy atom. The first-order chi connectivity index (χ1) is 6.40. The van der Waals surface area contributed by atoms with Gasteiger partial charge in [-0.25, -0.2) is 9.59 Å². The Labute approximate surface area is 79.6 Å². The van der Waals surface area contributed by atoms with Gasteiger partial charge < -0.3 is 15.3 Å². The summed E-state index contributed by atoms with van der Waals surface area (Å²) >= 11 is 0. The molecular formula is C7H11NO6. The fourth-order valence-electron chi connectivity index (χ4n) is 0.985. The van der Waals surface area contributed by atoms with Crippen molar-refractivity contribution >= 4 is 18.0 Å². The van der Waals surface area contributed by atoms with Crippen molar-refractivity contribution in [1.29, 1.82) is 0 Å². The zero-order valence-corrected chi connectivity index (χ0v) is 7.51. The number of nitrogens with zero attached hydrogens (tertiary/aromatic N) is 1. The SMILES string of the molecule is CCN(C(=O)O)C(CC(=O)O)C(=O)O. The van der Waals surface area contributed by atoms with Gasteiger partial charge in [0.1, 0.15) is 6.04 Å². The maximum Gasteiger partial charge on any atom is 0.408 e. The molecule has 0 heterocycles. The van der Waals surface area contributed by atoms with Crippen molar-refractivity contribution < 1.29 is 29.7 Å². The molecule has 0 radical (unpaired) electrons. The van der Waals surface area contributed by atoms with E-state index in [4.69, 9.17) is 15.3 Å². The molecule has 0 spiro atoms. The number of carboxylic acid groups (broad SMARTS) is 3. The lowest BCUT2D eigenvalue weighted by atomic mass is 10.2. The van der Waals surface area contributed by atoms with Crippen LogP contribution in [0.1, 0.15) is 13.3 Å². The van der Waals surface area contributed by atoms with Crippen molar-refractivity contribution in [1.82, 2.24) is 4.90 Å². The van der Waals surface area contributed by atoms with E-state index in [9.17, 15) is 14.4 Å². The van der Waals surface area contributed by atoms with Crippen LogP contribution in [0.2, 0.25) is 0 Å². The molecule has 0 fully saturated rings. The molecule has 1 atom stereocenters. The van der Waals surface area contributed by atoms with E-state index in [1.54, 1.807) is 0 Å². The van der Waals surface area contributed by atoms with Crippen LogP contribution in [0.4, 0.5) is 4.79 Å². The Kier molecular flexibility index (Phi) is 4.41. The standard InChI is InChI=1S/C7H11NO6/c1-2-8(7(13)14)4(6(11)12)3-5(9)10/h4H,2-3H2,1H3,(H,9,10)(H,11,12)(H,13,14). The zero-order chi connectivity index (χ0) is 11.3. The van der Waals surface area contributed by atoms with E-state index in [0.29, 0.717) is 4.90 Å². The van der Waals surface area contributed by atoms with Gasteiger partial charge in [-0.1, -0.05) is 0 Å². The van der Waals surface area contributed by atoms with E-state index in [0.717, 1.165) is 0 Å². The summed E-state index contributed by atoms with van der Waals surface area (Å²) in [4.78, 5) is 31.9. The number of rotatable bonds is 5. The fourth-order valence-corrected chi connectivity index (χ4v) is 0.985. The third kappa shape index (κ3) is 3.30. The maximum absolute atomic E-state index is 10.6. The molecule has 0 aromatic heterocycles. The Hall–Kier alpha value is -1.79. The summed E-state index contributed by atoms with van der Waals surface area (Å²) < 4.78 is 0.